The second-order valence-electron chi connectivity index (χ2n) is 23.2. The van der Waals surface area contributed by atoms with E-state index in [1.165, 1.54) is 50.4 Å². The minimum atomic E-state index is -4.67. The third-order valence-corrected chi connectivity index (χ3v) is 17.2. The van der Waals surface area contributed by atoms with Crippen LogP contribution in [0.4, 0.5) is 10.6 Å². The fourth-order valence-corrected chi connectivity index (χ4v) is 11.5. The van der Waals surface area contributed by atoms with Gasteiger partial charge in [-0.3, -0.25) is 47.7 Å². The summed E-state index contributed by atoms with van der Waals surface area (Å²) in [5, 5.41) is 108. The zero-order chi connectivity index (χ0) is 76.9. The predicted molar refractivity (Wildman–Crippen MR) is 354 cm³/mol. The van der Waals surface area contributed by atoms with Gasteiger partial charge in [0.05, 0.1) is 72.7 Å². The number of hydrogen-bond donors (Lipinski definition) is 24. The Morgan fingerprint density at radius 2 is 1.43 bits per heavy atom. The molecule has 4 aromatic heterocycles. The Morgan fingerprint density at radius 1 is 0.767 bits per heavy atom. The van der Waals surface area contributed by atoms with E-state index in [0.717, 1.165) is 12.5 Å². The van der Waals surface area contributed by atoms with Gasteiger partial charge in [0.25, 0.3) is 11.8 Å². The minimum Gasteiger partial charge on any atom is -0.441 e. The Morgan fingerprint density at radius 3 is 2.03 bits per heavy atom. The van der Waals surface area contributed by atoms with Crippen LogP contribution in [-0.2, 0) is 64.5 Å². The van der Waals surface area contributed by atoms with E-state index in [2.05, 4.69) is 66.8 Å². The smallest absolute Gasteiger partial charge is 0.404 e. The lowest BCUT2D eigenvalue weighted by Crippen LogP contribution is -2.65. The molecule has 2 saturated heterocycles. The third-order valence-electron chi connectivity index (χ3n) is 15.4. The standard InChI is InChI=1S/C55H84N20O21S2.H2O4S/c1-19-32(72-45(75-43(19)58)24(11-30(57)79)67-12-23(56)44(59)85)49(89)74-34(40(25-13-63-18-68-25)94-53-42(38(83)36(81)28(14-76)93-53)95-52-39(84)41(96-55(62)91)37(82)29(15-77)92-52)50(90)69-21(3)35(80)20(2)46(86)73-33(22(4)78)48(88)65-10-7-31-70-27(17-97-31)51-71-26(16-98-51)47(87)64-8-5-6-9-66-54(60)61;1-5(2,3)4/h13,16-18,20-24,28-29,33-42,52-53,67,76-78,80-84H,5-12,14-15,56H2,1-4H3,(H2,57,79)(H2,59,85)(H2,62,91)(H,63,68)(H,64,87)(H,65,88)(H,69,90)(H,73,86)(H,74,89)(H2,58,72,75)(H4,60,61,66);(H2,1,2,3,4)/t20-,21+,22+,23-,24-,28-,29+,33-,34-,35-,36+,37+,38-,39-,40-,41-,42-,52+,53-;/m0./s1. The Kier molecular flexibility index (Phi) is 32.6. The lowest BCUT2D eigenvalue weighted by Gasteiger charge is -2.47. The van der Waals surface area contributed by atoms with E-state index in [1.807, 2.05) is 0 Å². The Labute approximate surface area is 593 Å². The van der Waals surface area contributed by atoms with Crippen LogP contribution in [0.15, 0.2) is 28.3 Å². The van der Waals surface area contributed by atoms with Gasteiger partial charge >= 0.3 is 16.5 Å². The molecular formula is C55H86N20O25S3. The minimum absolute atomic E-state index is 0.0175. The molecular weight excluding hydrogens is 1440 g/mol. The molecule has 2 aliphatic rings. The molecule has 4 aromatic rings. The third kappa shape index (κ3) is 25.1. The van der Waals surface area contributed by atoms with E-state index in [-0.39, 0.29) is 60.0 Å². The van der Waals surface area contributed by atoms with E-state index in [9.17, 15) is 74.4 Å². The Hall–Kier alpha value is -8.51. The summed E-state index contributed by atoms with van der Waals surface area (Å²) in [4.78, 5) is 135. The first kappa shape index (κ1) is 85.1. The SMILES string of the molecule is Cc1c(N)nc([C@H](CC(N)=O)NC[C@H](N)C(N)=O)nc1C(=O)N[C@H](C(=O)N[C@H](C)[C@@H](O)[C@H](C)C(=O)N[C@H](C(=O)NCCc1nc(-c2nc(C(=O)NCCCCN=C(N)N)cs2)cs1)[C@@H](C)O)[C@@H](O[C@@H]1O[C@@H](CO)[C@@H](O)[C@H](O)[C@@H]1O[C@H]1O[C@H](CO)[C@@H](O)[C@H](OC(N)=O)[C@@H]1O)c1cnc[nH]1.O=S(=O)(O)O. The predicted octanol–water partition coefficient (Wildman–Crippen LogP) is -9.57. The van der Waals surface area contributed by atoms with Gasteiger partial charge in [0, 0.05) is 55.3 Å². The number of nitrogens with two attached hydrogens (primary N) is 7. The monoisotopic (exact) mass is 1520 g/mol. The highest BCUT2D eigenvalue weighted by Gasteiger charge is 2.54. The number of anilines is 1. The fourth-order valence-electron chi connectivity index (χ4n) is 9.88. The average molecular weight is 1520 g/mol. The normalized spacial score (nSPS) is 23.0. The number of nitrogen functional groups attached to an aromatic ring is 1. The molecule has 0 saturated carbocycles. The summed E-state index contributed by atoms with van der Waals surface area (Å²) >= 11 is 2.46. The second kappa shape index (κ2) is 39.4. The van der Waals surface area contributed by atoms with Gasteiger partial charge in [0.1, 0.15) is 94.6 Å². The van der Waals surface area contributed by atoms with Gasteiger partial charge in [-0.25, -0.2) is 29.7 Å². The number of nitrogens with one attached hydrogen (secondary N) is 7. The molecule has 2 aliphatic heterocycles. The Balaban J connectivity index is 0.00000368. The molecule has 6 rings (SSSR count). The van der Waals surface area contributed by atoms with Crippen LogP contribution in [0.5, 0.6) is 0 Å². The highest BCUT2D eigenvalue weighted by Crippen LogP contribution is 2.35. The molecule has 0 spiro atoms. The zero-order valence-electron chi connectivity index (χ0n) is 55.4. The molecule has 0 aliphatic carbocycles. The Bertz CT molecular complexity index is 3640. The number of imidazole rings is 1. The van der Waals surface area contributed by atoms with Gasteiger partial charge in [-0.1, -0.05) is 6.92 Å². The number of amides is 8. The number of thiazole rings is 2. The summed E-state index contributed by atoms with van der Waals surface area (Å²) in [6.07, 6.45) is -23.9. The van der Waals surface area contributed by atoms with E-state index in [1.54, 1.807) is 10.8 Å². The number of aliphatic imine (C=N–C) groups is 1. The van der Waals surface area contributed by atoms with Crippen molar-refractivity contribution in [2.45, 2.75) is 163 Å². The lowest BCUT2D eigenvalue weighted by molar-refractivity contribution is -0.372. The van der Waals surface area contributed by atoms with Gasteiger partial charge in [-0.15, -0.1) is 22.7 Å². The van der Waals surface area contributed by atoms with Crippen LogP contribution >= 0.6 is 22.7 Å². The molecule has 0 radical (unpaired) electrons. The highest BCUT2D eigenvalue weighted by atomic mass is 32.3. The van der Waals surface area contributed by atoms with Crippen LogP contribution in [-0.4, -0.2) is 279 Å². The van der Waals surface area contributed by atoms with E-state index in [0.29, 0.717) is 41.6 Å². The van der Waals surface area contributed by atoms with E-state index >= 15 is 4.79 Å². The second-order valence-corrected chi connectivity index (χ2v) is 25.9. The zero-order valence-corrected chi connectivity index (χ0v) is 57.8. The summed E-state index contributed by atoms with van der Waals surface area (Å²) in [6, 6.07) is -7.89. The first-order chi connectivity index (χ1) is 48.3. The number of H-pyrrole nitrogens is 1. The lowest BCUT2D eigenvalue weighted by atomic mass is 9.96. The summed E-state index contributed by atoms with van der Waals surface area (Å²) in [5.41, 5.74) is 38.6. The first-order valence-corrected chi connectivity index (χ1v) is 34.2. The van der Waals surface area contributed by atoms with E-state index in [4.69, 9.17) is 81.3 Å². The summed E-state index contributed by atoms with van der Waals surface area (Å²) < 4.78 is 60.3. The number of aromatic nitrogens is 6. The van der Waals surface area contributed by atoms with Crippen LogP contribution in [0.2, 0.25) is 0 Å². The number of hydrogen-bond acceptors (Lipinski definition) is 34. The quantitative estimate of drug-likeness (QED) is 0.00870. The van der Waals surface area contributed by atoms with Crippen molar-refractivity contribution in [1.82, 2.24) is 61.8 Å². The molecule has 574 valence electrons. The number of aliphatic hydroxyl groups excluding tert-OH is 8. The number of guanidine groups is 1. The molecule has 0 aromatic carbocycles. The maximum Gasteiger partial charge on any atom is 0.404 e. The van der Waals surface area contributed by atoms with Crippen LogP contribution in [0.25, 0.3) is 10.7 Å². The molecule has 0 bridgehead atoms. The van der Waals surface area contributed by atoms with Crippen molar-refractivity contribution in [3.05, 3.63) is 56.8 Å². The number of carbonyl (C=O) groups excluding carboxylic acids is 8. The maximum absolute atomic E-state index is 15.2. The number of primary amides is 3. The number of aromatic amines is 1. The number of rotatable bonds is 36. The maximum atomic E-state index is 15.2. The van der Waals surface area contributed by atoms with Crippen molar-refractivity contribution < 1.29 is 120 Å². The molecule has 45 nitrogen and oxygen atoms in total. The van der Waals surface area contributed by atoms with Crippen LogP contribution < -0.4 is 72.0 Å². The van der Waals surface area contributed by atoms with Gasteiger partial charge in [-0.05, 0) is 33.6 Å². The van der Waals surface area contributed by atoms with Crippen molar-refractivity contribution in [3.63, 3.8) is 0 Å². The summed E-state index contributed by atoms with van der Waals surface area (Å²) in [6.45, 7) is 3.39. The molecule has 6 heterocycles. The number of ether oxygens (including phenoxy) is 5. The van der Waals surface area contributed by atoms with Gasteiger partial charge in [0.2, 0.25) is 29.5 Å². The first-order valence-electron chi connectivity index (χ1n) is 31.1. The molecule has 103 heavy (non-hydrogen) atoms. The average Bonchev–Trinajstić information content (AvgIpc) is 1.12. The fraction of sp³-hybridized carbons (Fsp3) is 0.600. The van der Waals surface area contributed by atoms with Crippen molar-refractivity contribution in [3.8, 4) is 10.7 Å². The van der Waals surface area contributed by atoms with Crippen LogP contribution in [0, 0.1) is 12.8 Å². The molecule has 8 amide bonds. The molecule has 19 atom stereocenters. The molecule has 2 fully saturated rings. The summed E-state index contributed by atoms with van der Waals surface area (Å²) in [5.74, 6) is -8.85. The van der Waals surface area contributed by atoms with E-state index < -0.39 is 193 Å². The van der Waals surface area contributed by atoms with Crippen molar-refractivity contribution in [2.24, 2.45) is 45.3 Å². The molecule has 31 N–H and O–H groups in total. The number of unbranched alkanes of at least 4 members (excludes halogenated alkanes) is 1. The van der Waals surface area contributed by atoms with Crippen LogP contribution in [0.1, 0.15) is 95.2 Å². The van der Waals surface area contributed by atoms with Gasteiger partial charge in [0.15, 0.2) is 24.6 Å². The number of aliphatic hydroxyl groups is 8. The topological polar surface area (TPSA) is 766 Å². The van der Waals surface area contributed by atoms with Crippen molar-refractivity contribution in [1.29, 1.82) is 0 Å². The van der Waals surface area contributed by atoms with Crippen molar-refractivity contribution >= 4 is 92.3 Å². The van der Waals surface area contributed by atoms with Crippen molar-refractivity contribution in [2.75, 3.05) is 45.1 Å². The van der Waals surface area contributed by atoms with Gasteiger partial charge in [-0.2, -0.15) is 8.42 Å². The number of nitrogens with zero attached hydrogens (tertiary/aromatic N) is 6. The number of carbonyl (C=O) groups is 8. The largest absolute Gasteiger partial charge is 0.441 e. The highest BCUT2D eigenvalue weighted by molar-refractivity contribution is 7.79. The molecule has 0 unspecified atom stereocenters. The van der Waals surface area contributed by atoms with Gasteiger partial charge < -0.3 is 142 Å². The summed E-state index contributed by atoms with van der Waals surface area (Å²) in [7, 11) is -4.67. The van der Waals surface area contributed by atoms with Crippen LogP contribution in [0.3, 0.4) is 0 Å². The molecule has 48 heteroatoms.